The van der Waals surface area contributed by atoms with Crippen molar-refractivity contribution in [3.63, 3.8) is 0 Å². The van der Waals surface area contributed by atoms with Gasteiger partial charge in [0.25, 0.3) is 0 Å². The highest BCUT2D eigenvalue weighted by molar-refractivity contribution is 8.77. The van der Waals surface area contributed by atoms with Crippen molar-refractivity contribution in [1.82, 2.24) is 0 Å². The van der Waals surface area contributed by atoms with E-state index in [4.69, 9.17) is 4.74 Å². The first-order valence-corrected chi connectivity index (χ1v) is 20.9. The second kappa shape index (κ2) is 10.6. The number of benzene rings is 1. The van der Waals surface area contributed by atoms with Crippen LogP contribution in [0.4, 0.5) is 5.69 Å². The molecule has 7 heteroatoms. The standard InChI is InChI=1S/C39H55NO4S2/c1-35-25-13-16-37(36(35,2)27(19-25)33-30(42)20-32(44-3)39(33,35)43)21-24-17-23-9-7-10-26(18-23)40-34-29(41)11-8-12-31(34)45-46-38(28(24)22-37)14-5-4-6-15-38/h7,9-10,18,20,24-25,27-29,31-34,40-43H,4-6,8,11-17,19,21-22H2,1-3H3. The summed E-state index contributed by atoms with van der Waals surface area (Å²) in [5, 5.41) is 39.8. The van der Waals surface area contributed by atoms with Gasteiger partial charge < -0.3 is 25.4 Å². The van der Waals surface area contributed by atoms with E-state index in [1.807, 2.05) is 6.08 Å². The van der Waals surface area contributed by atoms with Gasteiger partial charge in [0.2, 0.25) is 0 Å². The van der Waals surface area contributed by atoms with Crippen LogP contribution in [-0.2, 0) is 11.2 Å². The molecule has 0 aromatic heterocycles. The molecule has 1 aliphatic heterocycles. The first kappa shape index (κ1) is 31.1. The molecule has 1 heterocycles. The second-order valence-electron chi connectivity index (χ2n) is 17.5. The van der Waals surface area contributed by atoms with Crippen LogP contribution >= 0.6 is 21.6 Å². The molecule has 0 radical (unpaired) electrons. The Bertz CT molecular complexity index is 1410. The number of nitrogens with one attached hydrogen (secondary N) is 1. The lowest BCUT2D eigenvalue weighted by Gasteiger charge is -2.62. The zero-order valence-corrected chi connectivity index (χ0v) is 29.7. The predicted octanol–water partition coefficient (Wildman–Crippen LogP) is 8.31. The maximum Gasteiger partial charge on any atom is 0.111 e. The van der Waals surface area contributed by atoms with Crippen molar-refractivity contribution in [2.45, 2.75) is 138 Å². The first-order valence-electron chi connectivity index (χ1n) is 18.6. The molecule has 0 saturated heterocycles. The van der Waals surface area contributed by atoms with E-state index in [0.717, 1.165) is 37.8 Å². The van der Waals surface area contributed by atoms with Gasteiger partial charge >= 0.3 is 0 Å². The summed E-state index contributed by atoms with van der Waals surface area (Å²) < 4.78 is 6.25. The van der Waals surface area contributed by atoms with Crippen molar-refractivity contribution >= 4 is 27.3 Å². The van der Waals surface area contributed by atoms with Crippen LogP contribution in [-0.4, -0.2) is 56.3 Å². The molecule has 2 spiro atoms. The zero-order valence-electron chi connectivity index (χ0n) is 28.0. The number of hydrogen-bond acceptors (Lipinski definition) is 7. The quantitative estimate of drug-likeness (QED) is 0.225. The molecule has 9 rings (SSSR count). The Kier molecular flexibility index (Phi) is 7.16. The average Bonchev–Trinajstić information content (AvgIpc) is 3.65. The Balaban J connectivity index is 1.16. The van der Waals surface area contributed by atoms with Gasteiger partial charge in [0.15, 0.2) is 0 Å². The third-order valence-corrected chi connectivity index (χ3v) is 20.3. The summed E-state index contributed by atoms with van der Waals surface area (Å²) in [6, 6.07) is 9.26. The monoisotopic (exact) mass is 665 g/mol. The summed E-state index contributed by atoms with van der Waals surface area (Å²) in [7, 11) is 6.08. The molecule has 4 N–H and O–H groups in total. The lowest BCUT2D eigenvalue weighted by atomic mass is 9.44. The molecule has 1 aromatic carbocycles. The van der Waals surface area contributed by atoms with Crippen LogP contribution in [0.25, 0.3) is 0 Å². The summed E-state index contributed by atoms with van der Waals surface area (Å²) in [6.07, 6.45) is 18.0. The number of aliphatic hydroxyl groups is 3. The van der Waals surface area contributed by atoms with Crippen molar-refractivity contribution < 1.29 is 20.1 Å². The van der Waals surface area contributed by atoms with E-state index in [2.05, 4.69) is 65.0 Å². The van der Waals surface area contributed by atoms with Crippen LogP contribution in [0, 0.1) is 45.8 Å². The molecule has 6 bridgehead atoms. The summed E-state index contributed by atoms with van der Waals surface area (Å²) in [5.41, 5.74) is 1.33. The molecule has 6 saturated carbocycles. The molecule has 13 atom stereocenters. The van der Waals surface area contributed by atoms with Crippen LogP contribution in [0.3, 0.4) is 0 Å². The van der Waals surface area contributed by atoms with Crippen molar-refractivity contribution in [3.05, 3.63) is 41.7 Å². The normalized spacial score (nSPS) is 51.8. The van der Waals surface area contributed by atoms with E-state index >= 15 is 0 Å². The van der Waals surface area contributed by atoms with E-state index in [-0.39, 0.29) is 45.0 Å². The van der Waals surface area contributed by atoms with Gasteiger partial charge in [-0.15, -0.1) is 0 Å². The van der Waals surface area contributed by atoms with Crippen molar-refractivity contribution in [1.29, 1.82) is 0 Å². The average molecular weight is 666 g/mol. The number of aliphatic hydroxyl groups excluding tert-OH is 2. The molecule has 8 aliphatic rings. The highest BCUT2D eigenvalue weighted by Crippen LogP contribution is 2.87. The minimum atomic E-state index is -1.04. The fourth-order valence-corrected chi connectivity index (χ4v) is 18.6. The van der Waals surface area contributed by atoms with Crippen LogP contribution in [0.1, 0.15) is 103 Å². The van der Waals surface area contributed by atoms with E-state index in [0.29, 0.717) is 28.8 Å². The van der Waals surface area contributed by atoms with E-state index in [9.17, 15) is 15.3 Å². The number of fused-ring (bicyclic) bond motifs is 7. The Morgan fingerprint density at radius 2 is 1.78 bits per heavy atom. The summed E-state index contributed by atoms with van der Waals surface area (Å²) >= 11 is 0. The molecule has 252 valence electrons. The fourth-order valence-electron chi connectivity index (χ4n) is 14.3. The smallest absolute Gasteiger partial charge is 0.111 e. The highest BCUT2D eigenvalue weighted by atomic mass is 33.1. The minimum absolute atomic E-state index is 0.0576. The summed E-state index contributed by atoms with van der Waals surface area (Å²) in [5.74, 6) is 2.16. The predicted molar refractivity (Wildman–Crippen MR) is 188 cm³/mol. The summed E-state index contributed by atoms with van der Waals surface area (Å²) in [6.45, 7) is 5.00. The summed E-state index contributed by atoms with van der Waals surface area (Å²) in [4.78, 5) is 0. The molecule has 7 aliphatic carbocycles. The fraction of sp³-hybridized carbons (Fsp3) is 0.795. The third kappa shape index (κ3) is 3.79. The molecular formula is C39H55NO4S2. The number of hydrogen-bond donors (Lipinski definition) is 4. The SMILES string of the molecule is COC1C=C(O)C2C3CC4CCC5(CC6Cc7cccc(c7)NC7C(O)CCCC7SSC7(CCCCC7)C6C5)C3(C)C4(C)C12O. The molecule has 6 fully saturated rings. The van der Waals surface area contributed by atoms with Gasteiger partial charge in [-0.2, -0.15) is 0 Å². The number of rotatable bonds is 1. The van der Waals surface area contributed by atoms with E-state index in [1.165, 1.54) is 63.4 Å². The van der Waals surface area contributed by atoms with Crippen molar-refractivity contribution in [2.75, 3.05) is 12.4 Å². The first-order chi connectivity index (χ1) is 22.1. The van der Waals surface area contributed by atoms with Crippen LogP contribution < -0.4 is 5.32 Å². The maximum absolute atomic E-state index is 12.9. The third-order valence-electron chi connectivity index (χ3n) is 16.4. The van der Waals surface area contributed by atoms with Gasteiger partial charge in [0.05, 0.1) is 23.8 Å². The van der Waals surface area contributed by atoms with Crippen molar-refractivity contribution in [2.24, 2.45) is 45.8 Å². The molecule has 13 unspecified atom stereocenters. The van der Waals surface area contributed by atoms with Gasteiger partial charge in [0, 0.05) is 28.2 Å². The molecule has 46 heavy (non-hydrogen) atoms. The lowest BCUT2D eigenvalue weighted by molar-refractivity contribution is -0.218. The molecule has 1 aromatic rings. The second-order valence-corrected chi connectivity index (χ2v) is 20.4. The van der Waals surface area contributed by atoms with Crippen LogP contribution in [0.2, 0.25) is 0 Å². The lowest BCUT2D eigenvalue weighted by Crippen LogP contribution is -2.64. The minimum Gasteiger partial charge on any atom is -0.512 e. The van der Waals surface area contributed by atoms with Gasteiger partial charge in [-0.25, -0.2) is 0 Å². The Morgan fingerprint density at radius 1 is 0.957 bits per heavy atom. The zero-order chi connectivity index (χ0) is 31.7. The Morgan fingerprint density at radius 3 is 2.59 bits per heavy atom. The van der Waals surface area contributed by atoms with Gasteiger partial charge in [0.1, 0.15) is 11.7 Å². The topological polar surface area (TPSA) is 82.0 Å². The number of ether oxygens (including phenoxy) is 1. The van der Waals surface area contributed by atoms with Crippen molar-refractivity contribution in [3.8, 4) is 0 Å². The van der Waals surface area contributed by atoms with E-state index in [1.54, 1.807) is 7.11 Å². The molecule has 5 nitrogen and oxygen atoms in total. The van der Waals surface area contributed by atoms with Gasteiger partial charge in [-0.3, -0.25) is 0 Å². The highest BCUT2D eigenvalue weighted by Gasteiger charge is 2.87. The number of methoxy groups -OCH3 is 1. The Hall–Kier alpha value is -0.860. The molecular weight excluding hydrogens is 611 g/mol. The maximum atomic E-state index is 12.9. The molecule has 0 amide bonds. The van der Waals surface area contributed by atoms with Gasteiger partial charge in [-0.1, -0.05) is 66.8 Å². The number of anilines is 1. The van der Waals surface area contributed by atoms with Crippen LogP contribution in [0.15, 0.2) is 36.1 Å². The van der Waals surface area contributed by atoms with Crippen LogP contribution in [0.5, 0.6) is 0 Å². The largest absolute Gasteiger partial charge is 0.512 e. The Labute approximate surface area is 283 Å². The van der Waals surface area contributed by atoms with Gasteiger partial charge in [-0.05, 0) is 129 Å². The van der Waals surface area contributed by atoms with E-state index < -0.39 is 11.7 Å².